The minimum Gasteiger partial charge on any atom is -0.759 e. The molecule has 203 valence electrons. The van der Waals surface area contributed by atoms with Crippen molar-refractivity contribution in [1.82, 2.24) is 46.3 Å². The van der Waals surface area contributed by atoms with Gasteiger partial charge in [-0.05, 0) is 0 Å². The molecule has 0 aromatic carbocycles. The molecule has 3 atom stereocenters. The first kappa shape index (κ1) is 33.3. The maximum absolute atomic E-state index is 10.7. The molecule has 19 heteroatoms. The molecular weight excluding hydrogens is 536 g/mol. The summed E-state index contributed by atoms with van der Waals surface area (Å²) in [4.78, 5) is 51.5. The number of imidazole rings is 3. The van der Waals surface area contributed by atoms with Gasteiger partial charge in [0.1, 0.15) is 0 Å². The van der Waals surface area contributed by atoms with E-state index in [1.165, 1.54) is 35.4 Å². The van der Waals surface area contributed by atoms with Gasteiger partial charge in [-0.2, -0.15) is 0 Å². The van der Waals surface area contributed by atoms with Gasteiger partial charge in [0.05, 0.1) is 37.1 Å². The maximum Gasteiger partial charge on any atom is 3.00 e. The Labute approximate surface area is 220 Å². The number of hydrogen-bond donors (Lipinski definition) is 9. The van der Waals surface area contributed by atoms with Crippen LogP contribution in [-0.2, 0) is 50.7 Å². The summed E-state index contributed by atoms with van der Waals surface area (Å²) in [5.74, 6) is -2.15. The predicted molar refractivity (Wildman–Crippen MR) is 125 cm³/mol. The normalized spacial score (nSPS) is 12.2. The van der Waals surface area contributed by atoms with Gasteiger partial charge in [-0.1, -0.05) is 0 Å². The molecule has 0 saturated carbocycles. The van der Waals surface area contributed by atoms with E-state index in [0.717, 1.165) is 17.1 Å². The van der Waals surface area contributed by atoms with E-state index in [1.54, 1.807) is 18.6 Å². The minimum absolute atomic E-state index is 0. The van der Waals surface area contributed by atoms with Gasteiger partial charge >= 0.3 is 17.1 Å². The van der Waals surface area contributed by atoms with Crippen molar-refractivity contribution in [3.8, 4) is 0 Å². The van der Waals surface area contributed by atoms with Crippen molar-refractivity contribution in [1.29, 1.82) is 0 Å². The van der Waals surface area contributed by atoms with Crippen molar-refractivity contribution in [2.75, 3.05) is 0 Å². The number of aromatic amines is 3. The van der Waals surface area contributed by atoms with Crippen molar-refractivity contribution in [2.45, 2.75) is 37.4 Å². The fraction of sp³-hybridized carbons (Fsp3) is 0.333. The quantitative estimate of drug-likeness (QED) is 0.0912. The molecule has 3 unspecified atom stereocenters. The van der Waals surface area contributed by atoms with Crippen molar-refractivity contribution in [3.05, 3.63) is 70.3 Å². The first-order valence-corrected chi connectivity index (χ1v) is 10.2. The number of nitrogens with two attached hydrogens (primary N) is 3. The Balaban J connectivity index is 0.000000518. The summed E-state index contributed by atoms with van der Waals surface area (Å²) in [7, 11) is 0. The van der Waals surface area contributed by atoms with Crippen molar-refractivity contribution in [2.24, 2.45) is 17.2 Å². The third kappa shape index (κ3) is 13.3. The number of carbonyl (C=O) groups excluding carboxylic acids is 3. The van der Waals surface area contributed by atoms with Crippen LogP contribution in [0.25, 0.3) is 0 Å². The van der Waals surface area contributed by atoms with E-state index >= 15 is 0 Å². The fourth-order valence-corrected chi connectivity index (χ4v) is 2.40. The zero-order valence-corrected chi connectivity index (χ0v) is 20.3. The van der Waals surface area contributed by atoms with Crippen LogP contribution >= 0.6 is 0 Å². The fourth-order valence-electron chi connectivity index (χ4n) is 2.40. The first-order chi connectivity index (χ1) is 17.2. The molecule has 0 aliphatic rings. The molecule has 3 rings (SSSR count). The van der Waals surface area contributed by atoms with E-state index in [0.29, 0.717) is 0 Å². The Morgan fingerprint density at radius 3 is 1.05 bits per heavy atom. The van der Waals surface area contributed by atoms with Crippen molar-refractivity contribution >= 4 is 17.7 Å². The third-order valence-corrected chi connectivity index (χ3v) is 4.30. The third-order valence-electron chi connectivity index (χ3n) is 4.30. The number of amides is 3. The predicted octanol–water partition coefficient (Wildman–Crippen LogP) is -3.32. The molecule has 3 heterocycles. The summed E-state index contributed by atoms with van der Waals surface area (Å²) in [5, 5.41) is 29.7. The molecule has 1 radical (unpaired) electrons. The zero-order valence-electron chi connectivity index (χ0n) is 19.2. The van der Waals surface area contributed by atoms with Crippen LogP contribution in [0.3, 0.4) is 0 Å². The Morgan fingerprint density at radius 2 is 0.892 bits per heavy atom. The maximum atomic E-state index is 10.7. The number of rotatable bonds is 9. The van der Waals surface area contributed by atoms with E-state index < -0.39 is 35.8 Å². The van der Waals surface area contributed by atoms with Crippen LogP contribution in [0.2, 0.25) is 0 Å². The summed E-state index contributed by atoms with van der Waals surface area (Å²) in [6.45, 7) is 0. The Morgan fingerprint density at radius 1 is 0.649 bits per heavy atom. The van der Waals surface area contributed by atoms with Crippen LogP contribution in [0, 0.1) is 15.6 Å². The summed E-state index contributed by atoms with van der Waals surface area (Å²) >= 11 is 0. The Bertz CT molecular complexity index is 874. The van der Waals surface area contributed by atoms with Gasteiger partial charge in [0.25, 0.3) is 0 Å². The monoisotopic (exact) mass is 563 g/mol. The van der Waals surface area contributed by atoms with E-state index in [2.05, 4.69) is 29.9 Å². The molecular formula is C18H27FeN12O6. The number of nitrogens with zero attached hydrogens (tertiary/aromatic N) is 3. The van der Waals surface area contributed by atoms with Gasteiger partial charge < -0.3 is 64.2 Å². The average molecular weight is 563 g/mol. The van der Waals surface area contributed by atoms with Crippen LogP contribution in [0.15, 0.2) is 37.6 Å². The van der Waals surface area contributed by atoms with E-state index in [-0.39, 0.29) is 36.3 Å². The van der Waals surface area contributed by atoms with E-state index in [1.807, 2.05) is 0 Å². The molecule has 3 amide bonds. The molecule has 0 spiro atoms. The van der Waals surface area contributed by atoms with E-state index in [4.69, 9.17) is 17.2 Å². The van der Waals surface area contributed by atoms with Gasteiger partial charge in [-0.15, -0.1) is 0 Å². The standard InChI is InChI=1S/3C6H9N4O2.Fe/c3*7-5(6(11)10-12)1-4-2-8-3-9-4;/h3*2-3,5H,1,7H2,(H2-,8,9,10,11,12);/q3*-1;+3. The Kier molecular flexibility index (Phi) is 16.7. The molecule has 0 aliphatic carbocycles. The summed E-state index contributed by atoms with van der Waals surface area (Å²) < 4.78 is 0. The topological polar surface area (TPSA) is 321 Å². The number of nitrogens with one attached hydrogen (secondary N) is 6. The van der Waals surface area contributed by atoms with Crippen LogP contribution in [0.4, 0.5) is 0 Å². The Hall–Kier alpha value is -3.68. The van der Waals surface area contributed by atoms with Crippen molar-refractivity contribution in [3.63, 3.8) is 0 Å². The smallest absolute Gasteiger partial charge is 0.759 e. The molecule has 0 aliphatic heterocycles. The van der Waals surface area contributed by atoms with Gasteiger partial charge in [0, 0.05) is 54.9 Å². The molecule has 18 nitrogen and oxygen atoms in total. The van der Waals surface area contributed by atoms with Crippen molar-refractivity contribution < 1.29 is 31.5 Å². The number of aromatic nitrogens is 6. The summed E-state index contributed by atoms with van der Waals surface area (Å²) in [6.07, 6.45) is 9.97. The molecule has 0 bridgehead atoms. The average Bonchev–Trinajstić information content (AvgIpc) is 3.68. The molecule has 37 heavy (non-hydrogen) atoms. The second-order valence-corrected chi connectivity index (χ2v) is 7.06. The molecule has 12 N–H and O–H groups in total. The van der Waals surface area contributed by atoms with Gasteiger partial charge in [-0.3, -0.25) is 14.4 Å². The number of hydrogen-bond acceptors (Lipinski definition) is 12. The van der Waals surface area contributed by atoms with Crippen LogP contribution in [-0.4, -0.2) is 65.8 Å². The number of H-pyrrole nitrogens is 3. The van der Waals surface area contributed by atoms with Crippen LogP contribution in [0.1, 0.15) is 17.1 Å². The second kappa shape index (κ2) is 18.6. The number of hydroxylamine groups is 3. The van der Waals surface area contributed by atoms with Gasteiger partial charge in [-0.25, -0.2) is 15.0 Å². The largest absolute Gasteiger partial charge is 3.00 e. The van der Waals surface area contributed by atoms with Crippen LogP contribution in [0.5, 0.6) is 0 Å². The van der Waals surface area contributed by atoms with E-state index in [9.17, 15) is 30.0 Å². The molecule has 3 aromatic heterocycles. The van der Waals surface area contributed by atoms with Gasteiger partial charge in [0.15, 0.2) is 0 Å². The summed E-state index contributed by atoms with van der Waals surface area (Å²) in [6, 6.07) is -2.45. The van der Waals surface area contributed by atoms with Crippen LogP contribution < -0.4 is 33.6 Å². The summed E-state index contributed by atoms with van der Waals surface area (Å²) in [5.41, 5.74) is 21.9. The SMILES string of the molecule is NC(Cc1cnc[nH]1)C(=O)N[O-].NC(Cc1cnc[nH]1)C(=O)N[O-].NC(Cc1cnc[nH]1)C(=O)N[O-].[Fe+3]. The van der Waals surface area contributed by atoms with Gasteiger partial charge in [0.2, 0.25) is 17.7 Å². The second-order valence-electron chi connectivity index (χ2n) is 7.06. The first-order valence-electron chi connectivity index (χ1n) is 10.2. The minimum atomic E-state index is -0.817. The molecule has 0 saturated heterocycles. The molecule has 0 fully saturated rings. The molecule has 3 aromatic rings. The zero-order chi connectivity index (χ0) is 26.9. The number of carbonyl (C=O) groups is 3.